The Bertz CT molecular complexity index is 590. The second kappa shape index (κ2) is 5.56. The number of hydrogen-bond acceptors (Lipinski definition) is 2. The molecule has 2 N–H and O–H groups in total. The molecule has 0 saturated carbocycles. The van der Waals surface area contributed by atoms with Gasteiger partial charge < -0.3 is 15.3 Å². The van der Waals surface area contributed by atoms with Crippen LogP contribution in [-0.4, -0.2) is 35.1 Å². The van der Waals surface area contributed by atoms with Gasteiger partial charge in [0, 0.05) is 23.8 Å². The number of carbonyl (C=O) groups is 2. The van der Waals surface area contributed by atoms with Gasteiger partial charge in [-0.3, -0.25) is 4.79 Å². The van der Waals surface area contributed by atoms with Crippen LogP contribution in [0.25, 0.3) is 0 Å². The average Bonchev–Trinajstić information content (AvgIpc) is 2.62. The van der Waals surface area contributed by atoms with Gasteiger partial charge in [-0.05, 0) is 42.9 Å². The second-order valence-corrected chi connectivity index (χ2v) is 6.10. The standard InChI is InChI=1S/C15H17ClN2O3/c16-10-3-4-11-12(8-10)17-14(19)13(11)9-2-1-6-18(7-5-9)15(20)21/h3-4,8-9,13H,1-2,5-7H2,(H,17,19)(H,20,21). The van der Waals surface area contributed by atoms with Crippen molar-refractivity contribution < 1.29 is 14.7 Å². The first-order valence-electron chi connectivity index (χ1n) is 7.14. The molecule has 0 aliphatic carbocycles. The highest BCUT2D eigenvalue weighted by Crippen LogP contribution is 2.42. The zero-order valence-corrected chi connectivity index (χ0v) is 12.3. The molecule has 0 spiro atoms. The van der Waals surface area contributed by atoms with Crippen molar-refractivity contribution in [2.24, 2.45) is 5.92 Å². The molecular weight excluding hydrogens is 292 g/mol. The zero-order chi connectivity index (χ0) is 15.0. The summed E-state index contributed by atoms with van der Waals surface area (Å²) in [6.45, 7) is 1.04. The summed E-state index contributed by atoms with van der Waals surface area (Å²) >= 11 is 5.96. The van der Waals surface area contributed by atoms with Crippen LogP contribution < -0.4 is 5.32 Å². The van der Waals surface area contributed by atoms with Gasteiger partial charge in [-0.1, -0.05) is 17.7 Å². The quantitative estimate of drug-likeness (QED) is 0.837. The van der Waals surface area contributed by atoms with E-state index in [-0.39, 0.29) is 17.7 Å². The third-order valence-electron chi connectivity index (χ3n) is 4.41. The Morgan fingerprint density at radius 1 is 1.33 bits per heavy atom. The lowest BCUT2D eigenvalue weighted by atomic mass is 9.82. The Morgan fingerprint density at radius 2 is 2.14 bits per heavy atom. The van der Waals surface area contributed by atoms with Crippen LogP contribution in [0.15, 0.2) is 18.2 Å². The normalized spacial score (nSPS) is 25.2. The van der Waals surface area contributed by atoms with Gasteiger partial charge in [0.1, 0.15) is 0 Å². The molecule has 2 atom stereocenters. The molecule has 0 bridgehead atoms. The van der Waals surface area contributed by atoms with Crippen molar-refractivity contribution in [2.75, 3.05) is 18.4 Å². The molecule has 2 unspecified atom stereocenters. The number of nitrogens with one attached hydrogen (secondary N) is 1. The SMILES string of the molecule is O=C1Nc2cc(Cl)ccc2C1C1CCCN(C(=O)O)CC1. The molecule has 1 saturated heterocycles. The summed E-state index contributed by atoms with van der Waals surface area (Å²) in [5, 5.41) is 12.6. The number of benzene rings is 1. The van der Waals surface area contributed by atoms with Crippen LogP contribution in [0.3, 0.4) is 0 Å². The summed E-state index contributed by atoms with van der Waals surface area (Å²) in [6, 6.07) is 5.48. The minimum absolute atomic E-state index is 0.000965. The molecule has 1 aromatic rings. The van der Waals surface area contributed by atoms with Gasteiger partial charge in [0.05, 0.1) is 5.92 Å². The van der Waals surface area contributed by atoms with Gasteiger partial charge in [0.25, 0.3) is 0 Å². The van der Waals surface area contributed by atoms with Crippen LogP contribution in [0.2, 0.25) is 5.02 Å². The fraction of sp³-hybridized carbons (Fsp3) is 0.467. The second-order valence-electron chi connectivity index (χ2n) is 5.66. The van der Waals surface area contributed by atoms with Crippen LogP contribution in [0.1, 0.15) is 30.7 Å². The van der Waals surface area contributed by atoms with Crippen molar-refractivity contribution in [1.82, 2.24) is 4.90 Å². The van der Waals surface area contributed by atoms with Crippen molar-refractivity contribution >= 4 is 29.3 Å². The van der Waals surface area contributed by atoms with Crippen molar-refractivity contribution in [2.45, 2.75) is 25.2 Å². The van der Waals surface area contributed by atoms with E-state index in [1.54, 1.807) is 12.1 Å². The molecule has 0 radical (unpaired) electrons. The minimum Gasteiger partial charge on any atom is -0.465 e. The highest BCUT2D eigenvalue weighted by Gasteiger charge is 2.37. The fourth-order valence-electron chi connectivity index (χ4n) is 3.37. The molecule has 3 rings (SSSR count). The van der Waals surface area contributed by atoms with Crippen molar-refractivity contribution in [3.05, 3.63) is 28.8 Å². The van der Waals surface area contributed by atoms with E-state index in [0.29, 0.717) is 24.5 Å². The molecule has 6 heteroatoms. The number of carbonyl (C=O) groups excluding carboxylic acids is 1. The van der Waals surface area contributed by atoms with Crippen molar-refractivity contribution in [3.63, 3.8) is 0 Å². The molecule has 5 nitrogen and oxygen atoms in total. The molecule has 2 aliphatic heterocycles. The maximum Gasteiger partial charge on any atom is 0.407 e. The molecular formula is C15H17ClN2O3. The largest absolute Gasteiger partial charge is 0.465 e. The smallest absolute Gasteiger partial charge is 0.407 e. The van der Waals surface area contributed by atoms with Crippen LogP contribution in [0.5, 0.6) is 0 Å². The van der Waals surface area contributed by atoms with E-state index in [4.69, 9.17) is 16.7 Å². The minimum atomic E-state index is -0.876. The summed E-state index contributed by atoms with van der Waals surface area (Å²) in [7, 11) is 0. The number of carboxylic acid groups (broad SMARTS) is 1. The lowest BCUT2D eigenvalue weighted by molar-refractivity contribution is -0.118. The Balaban J connectivity index is 1.81. The number of fused-ring (bicyclic) bond motifs is 1. The molecule has 0 aromatic heterocycles. The summed E-state index contributed by atoms with van der Waals surface area (Å²) in [5.41, 5.74) is 1.77. The van der Waals surface area contributed by atoms with E-state index < -0.39 is 6.09 Å². The maximum atomic E-state index is 12.3. The average molecular weight is 309 g/mol. The van der Waals surface area contributed by atoms with Gasteiger partial charge in [-0.15, -0.1) is 0 Å². The molecule has 21 heavy (non-hydrogen) atoms. The molecule has 2 aliphatic rings. The van der Waals surface area contributed by atoms with Crippen LogP contribution >= 0.6 is 11.6 Å². The van der Waals surface area contributed by atoms with E-state index in [1.165, 1.54) is 4.90 Å². The third-order valence-corrected chi connectivity index (χ3v) is 4.64. The first kappa shape index (κ1) is 14.2. The van der Waals surface area contributed by atoms with Crippen LogP contribution in [0, 0.1) is 5.92 Å². The predicted molar refractivity (Wildman–Crippen MR) is 79.8 cm³/mol. The topological polar surface area (TPSA) is 69.6 Å². The first-order chi connectivity index (χ1) is 10.1. The number of hydrogen-bond donors (Lipinski definition) is 2. The van der Waals surface area contributed by atoms with Gasteiger partial charge >= 0.3 is 6.09 Å². The van der Waals surface area contributed by atoms with E-state index in [2.05, 4.69) is 5.32 Å². The number of likely N-dealkylation sites (tertiary alicyclic amines) is 1. The molecule has 1 aromatic carbocycles. The van der Waals surface area contributed by atoms with Crippen LogP contribution in [-0.2, 0) is 4.79 Å². The van der Waals surface area contributed by atoms with Gasteiger partial charge in [-0.2, -0.15) is 0 Å². The van der Waals surface area contributed by atoms with Crippen molar-refractivity contribution in [1.29, 1.82) is 0 Å². The summed E-state index contributed by atoms with van der Waals surface area (Å²) in [4.78, 5) is 24.8. The van der Waals surface area contributed by atoms with E-state index in [9.17, 15) is 9.59 Å². The van der Waals surface area contributed by atoms with E-state index in [0.717, 1.165) is 24.1 Å². The molecule has 112 valence electrons. The van der Waals surface area contributed by atoms with Crippen molar-refractivity contribution in [3.8, 4) is 0 Å². The number of rotatable bonds is 1. The van der Waals surface area contributed by atoms with Crippen LogP contribution in [0.4, 0.5) is 10.5 Å². The van der Waals surface area contributed by atoms with Gasteiger partial charge in [0.15, 0.2) is 0 Å². The molecule has 2 heterocycles. The number of halogens is 1. The zero-order valence-electron chi connectivity index (χ0n) is 11.5. The lowest BCUT2D eigenvalue weighted by Gasteiger charge is -2.21. The van der Waals surface area contributed by atoms with E-state index >= 15 is 0 Å². The Morgan fingerprint density at radius 3 is 2.90 bits per heavy atom. The van der Waals surface area contributed by atoms with Gasteiger partial charge in [-0.25, -0.2) is 4.79 Å². The highest BCUT2D eigenvalue weighted by molar-refractivity contribution is 6.31. The highest BCUT2D eigenvalue weighted by atomic mass is 35.5. The summed E-state index contributed by atoms with van der Waals surface area (Å²) < 4.78 is 0. The first-order valence-corrected chi connectivity index (χ1v) is 7.52. The Labute approximate surface area is 127 Å². The van der Waals surface area contributed by atoms with E-state index in [1.807, 2.05) is 6.07 Å². The maximum absolute atomic E-state index is 12.3. The summed E-state index contributed by atoms with van der Waals surface area (Å²) in [6.07, 6.45) is 1.50. The molecule has 2 amide bonds. The summed E-state index contributed by atoms with van der Waals surface area (Å²) in [5.74, 6) is -0.0103. The Kier molecular flexibility index (Phi) is 3.76. The number of nitrogens with zero attached hydrogens (tertiary/aromatic N) is 1. The monoisotopic (exact) mass is 308 g/mol. The number of amides is 2. The third kappa shape index (κ3) is 2.70. The molecule has 1 fully saturated rings. The predicted octanol–water partition coefficient (Wildman–Crippen LogP) is 3.16. The lowest BCUT2D eigenvalue weighted by Crippen LogP contribution is -2.30. The Hall–Kier alpha value is -1.75. The number of anilines is 1. The fourth-order valence-corrected chi connectivity index (χ4v) is 3.55. The van der Waals surface area contributed by atoms with Gasteiger partial charge in [0.2, 0.25) is 5.91 Å².